The molecule has 2 aliphatic heterocycles. The fraction of sp³-hybridized carbons (Fsp3) is 0.405. The second-order valence-electron chi connectivity index (χ2n) is 14.2. The van der Waals surface area contributed by atoms with Gasteiger partial charge in [-0.15, -0.1) is 20.4 Å². The Kier molecular flexibility index (Phi) is 11.7. The van der Waals surface area contributed by atoms with E-state index in [1.807, 2.05) is 43.9 Å². The number of carbonyl (C=O) groups excluding carboxylic acids is 1. The minimum absolute atomic E-state index is 0.243. The van der Waals surface area contributed by atoms with E-state index in [2.05, 4.69) is 61.2 Å². The molecule has 0 atom stereocenters. The molecule has 0 bridgehead atoms. The van der Waals surface area contributed by atoms with Crippen LogP contribution in [0.5, 0.6) is 0 Å². The van der Waals surface area contributed by atoms with Crippen LogP contribution in [0.2, 0.25) is 15.2 Å². The number of pyridine rings is 2. The fourth-order valence-electron chi connectivity index (χ4n) is 6.34. The highest BCUT2D eigenvalue weighted by Gasteiger charge is 2.29. The van der Waals surface area contributed by atoms with Gasteiger partial charge in [-0.2, -0.15) is 0 Å². The highest BCUT2D eigenvalue weighted by Crippen LogP contribution is 2.36. The third-order valence-electron chi connectivity index (χ3n) is 9.01. The third-order valence-corrected chi connectivity index (χ3v) is 9.70. The van der Waals surface area contributed by atoms with Gasteiger partial charge in [-0.05, 0) is 44.4 Å². The number of carboxylic acid groups (broad SMARTS) is 1. The number of benzene rings is 1. The second kappa shape index (κ2) is 16.3. The summed E-state index contributed by atoms with van der Waals surface area (Å²) in [6.45, 7) is 14.2. The maximum absolute atomic E-state index is 12.4. The summed E-state index contributed by atoms with van der Waals surface area (Å²) in [4.78, 5) is 39.4. The van der Waals surface area contributed by atoms with Crippen molar-refractivity contribution >= 4 is 80.4 Å². The van der Waals surface area contributed by atoms with Crippen molar-refractivity contribution in [3.8, 4) is 11.3 Å². The van der Waals surface area contributed by atoms with Crippen LogP contribution in [0.1, 0.15) is 46.1 Å². The quantitative estimate of drug-likeness (QED) is 0.190. The van der Waals surface area contributed by atoms with Crippen molar-refractivity contribution in [1.29, 1.82) is 0 Å². The fourth-order valence-corrected chi connectivity index (χ4v) is 6.84. The van der Waals surface area contributed by atoms with Gasteiger partial charge in [-0.25, -0.2) is 9.59 Å². The monoisotopic (exact) mass is 794 g/mol. The first-order chi connectivity index (χ1) is 25.7. The Labute approximate surface area is 328 Å². The summed E-state index contributed by atoms with van der Waals surface area (Å²) in [5.41, 5.74) is 3.88. The molecule has 5 aromatic rings. The first-order valence-electron chi connectivity index (χ1n) is 17.5. The molecular formula is C37H41Cl3N10O4. The van der Waals surface area contributed by atoms with Crippen molar-refractivity contribution in [1.82, 2.24) is 40.2 Å². The first kappa shape index (κ1) is 38.9. The zero-order valence-electron chi connectivity index (χ0n) is 30.6. The van der Waals surface area contributed by atoms with Crippen molar-refractivity contribution in [3.05, 3.63) is 69.6 Å². The number of nitrogens with zero attached hydrogens (tertiary/aromatic N) is 10. The number of ether oxygens (including phenoxy) is 1. The lowest BCUT2D eigenvalue weighted by Gasteiger charge is -2.36. The summed E-state index contributed by atoms with van der Waals surface area (Å²) in [5, 5.41) is 29.0. The number of anilines is 2. The SMILES string of the molecule is CC(C)c1ccccc1-c1nnc(N2CCN(C(=O)OC(C)(C)C)CC2)c2ncc(Cl)cc12.O=C(O)N1CCN(c2nnc(Cl)c3cc(Cl)cnc23)CC1. The standard InChI is InChI=1S/C25H30ClN5O2.C12H11Cl2N5O2/c1-16(2)18-8-6-7-9-19(18)21-20-14-17(26)15-27-22(20)23(29-28-21)30-10-12-31(13-11-30)24(32)33-25(3,4)5;13-7-5-8-9(15-6-7)11(17-16-10(8)14)18-1-3-19(4-2-18)12(20)21/h6-9,14-16H,10-13H2,1-5H3;5-6H,1-4H2,(H,20,21). The number of piperazine rings is 2. The molecule has 2 fully saturated rings. The minimum Gasteiger partial charge on any atom is -0.465 e. The number of hydrogen-bond donors (Lipinski definition) is 1. The molecule has 1 N–H and O–H groups in total. The molecule has 4 aromatic heterocycles. The topological polar surface area (TPSA) is 154 Å². The lowest BCUT2D eigenvalue weighted by Crippen LogP contribution is -2.50. The highest BCUT2D eigenvalue weighted by atomic mass is 35.5. The van der Waals surface area contributed by atoms with Crippen molar-refractivity contribution in [3.63, 3.8) is 0 Å². The molecule has 284 valence electrons. The van der Waals surface area contributed by atoms with E-state index in [1.165, 1.54) is 16.7 Å². The molecule has 14 nitrogen and oxygen atoms in total. The number of hydrogen-bond acceptors (Lipinski definition) is 11. The van der Waals surface area contributed by atoms with Crippen LogP contribution in [0.3, 0.4) is 0 Å². The Hall–Kier alpha value is -4.79. The second-order valence-corrected chi connectivity index (χ2v) is 15.5. The Morgan fingerprint density at radius 2 is 1.26 bits per heavy atom. The summed E-state index contributed by atoms with van der Waals surface area (Å²) < 4.78 is 5.51. The Bertz CT molecular complexity index is 2170. The van der Waals surface area contributed by atoms with Crippen LogP contribution in [0.15, 0.2) is 48.8 Å². The van der Waals surface area contributed by atoms with Crippen LogP contribution in [-0.4, -0.2) is 115 Å². The van der Waals surface area contributed by atoms with Crippen LogP contribution >= 0.6 is 34.8 Å². The molecule has 0 saturated carbocycles. The van der Waals surface area contributed by atoms with Crippen molar-refractivity contribution in [2.75, 3.05) is 62.2 Å². The maximum atomic E-state index is 12.4. The highest BCUT2D eigenvalue weighted by molar-refractivity contribution is 6.36. The molecule has 17 heteroatoms. The lowest BCUT2D eigenvalue weighted by atomic mass is 9.94. The Balaban J connectivity index is 0.000000203. The number of rotatable bonds is 4. The summed E-state index contributed by atoms with van der Waals surface area (Å²) in [7, 11) is 0. The van der Waals surface area contributed by atoms with E-state index in [0.717, 1.165) is 22.2 Å². The van der Waals surface area contributed by atoms with E-state index in [4.69, 9.17) is 44.6 Å². The average molecular weight is 796 g/mol. The zero-order chi connectivity index (χ0) is 38.7. The molecule has 0 aliphatic carbocycles. The van der Waals surface area contributed by atoms with Crippen LogP contribution in [0.25, 0.3) is 33.1 Å². The number of amides is 2. The van der Waals surface area contributed by atoms with E-state index in [9.17, 15) is 9.59 Å². The molecule has 0 unspecified atom stereocenters. The molecular weight excluding hydrogens is 755 g/mol. The normalized spacial score (nSPS) is 15.1. The summed E-state index contributed by atoms with van der Waals surface area (Å²) in [6, 6.07) is 11.8. The van der Waals surface area contributed by atoms with Gasteiger partial charge in [0.25, 0.3) is 0 Å². The van der Waals surface area contributed by atoms with Crippen LogP contribution in [-0.2, 0) is 4.74 Å². The van der Waals surface area contributed by atoms with Gasteiger partial charge in [0.05, 0.1) is 10.0 Å². The first-order valence-corrected chi connectivity index (χ1v) is 18.7. The van der Waals surface area contributed by atoms with Crippen LogP contribution < -0.4 is 9.80 Å². The van der Waals surface area contributed by atoms with Gasteiger partial charge in [0.1, 0.15) is 22.3 Å². The molecule has 6 heterocycles. The van der Waals surface area contributed by atoms with E-state index >= 15 is 0 Å². The molecule has 2 aliphatic rings. The number of halogens is 3. The largest absolute Gasteiger partial charge is 0.465 e. The number of carbonyl (C=O) groups is 2. The van der Waals surface area contributed by atoms with E-state index in [0.29, 0.717) is 90.9 Å². The average Bonchev–Trinajstić information content (AvgIpc) is 3.14. The molecule has 1 aromatic carbocycles. The Morgan fingerprint density at radius 3 is 1.81 bits per heavy atom. The molecule has 2 amide bonds. The Morgan fingerprint density at radius 1 is 0.741 bits per heavy atom. The van der Waals surface area contributed by atoms with Crippen molar-refractivity contribution < 1.29 is 19.4 Å². The van der Waals surface area contributed by atoms with E-state index < -0.39 is 11.7 Å². The van der Waals surface area contributed by atoms with Crippen molar-refractivity contribution in [2.45, 2.75) is 46.1 Å². The van der Waals surface area contributed by atoms with Crippen molar-refractivity contribution in [2.24, 2.45) is 0 Å². The predicted molar refractivity (Wildman–Crippen MR) is 211 cm³/mol. The smallest absolute Gasteiger partial charge is 0.410 e. The third kappa shape index (κ3) is 8.77. The summed E-state index contributed by atoms with van der Waals surface area (Å²) in [5.74, 6) is 1.64. The van der Waals surface area contributed by atoms with Gasteiger partial charge in [-0.1, -0.05) is 72.9 Å². The van der Waals surface area contributed by atoms with Gasteiger partial charge in [0.15, 0.2) is 16.8 Å². The number of fused-ring (bicyclic) bond motifs is 2. The van der Waals surface area contributed by atoms with Gasteiger partial charge in [0.2, 0.25) is 0 Å². The summed E-state index contributed by atoms with van der Waals surface area (Å²) >= 11 is 18.3. The molecule has 0 spiro atoms. The van der Waals surface area contributed by atoms with E-state index in [-0.39, 0.29) is 11.2 Å². The maximum Gasteiger partial charge on any atom is 0.410 e. The van der Waals surface area contributed by atoms with E-state index in [1.54, 1.807) is 17.2 Å². The molecule has 2 saturated heterocycles. The summed E-state index contributed by atoms with van der Waals surface area (Å²) in [6.07, 6.45) is 1.97. The molecule has 54 heavy (non-hydrogen) atoms. The van der Waals surface area contributed by atoms with Crippen LogP contribution in [0.4, 0.5) is 21.2 Å². The lowest BCUT2D eigenvalue weighted by molar-refractivity contribution is 0.0240. The van der Waals surface area contributed by atoms with Crippen LogP contribution in [0, 0.1) is 0 Å². The minimum atomic E-state index is -0.911. The number of aromatic nitrogens is 6. The van der Waals surface area contributed by atoms with Gasteiger partial charge in [-0.3, -0.25) is 9.97 Å². The molecule has 7 rings (SSSR count). The van der Waals surface area contributed by atoms with Gasteiger partial charge >= 0.3 is 12.2 Å². The zero-order valence-corrected chi connectivity index (χ0v) is 32.9. The van der Waals surface area contributed by atoms with Gasteiger partial charge in [0, 0.05) is 81.1 Å². The van der Waals surface area contributed by atoms with Gasteiger partial charge < -0.3 is 29.4 Å². The molecule has 0 radical (unpaired) electrons. The predicted octanol–water partition coefficient (Wildman–Crippen LogP) is 7.66.